The van der Waals surface area contributed by atoms with E-state index in [9.17, 15) is 4.79 Å². The first-order valence-corrected chi connectivity index (χ1v) is 12.5. The maximum atomic E-state index is 12.6. The number of nitrogens with one attached hydrogen (secondary N) is 2. The fraction of sp³-hybridized carbons (Fsp3) is 0.600. The Morgan fingerprint density at radius 3 is 2.69 bits per heavy atom. The molecule has 2 aliphatic rings. The quantitative estimate of drug-likeness (QED) is 0.611. The second-order valence-electron chi connectivity index (χ2n) is 10.0. The van der Waals surface area contributed by atoms with Crippen LogP contribution in [0.4, 0.5) is 28.1 Å². The lowest BCUT2D eigenvalue weighted by Gasteiger charge is -2.35. The van der Waals surface area contributed by atoms with Gasteiger partial charge in [0.05, 0.1) is 20.3 Å². The van der Waals surface area contributed by atoms with Gasteiger partial charge in [-0.3, -0.25) is 0 Å². The van der Waals surface area contributed by atoms with Crippen LogP contribution in [-0.4, -0.2) is 84.1 Å². The van der Waals surface area contributed by atoms with Gasteiger partial charge in [-0.25, -0.2) is 9.78 Å². The molecule has 0 aromatic carbocycles. The maximum Gasteiger partial charge on any atom is 0.410 e. The number of amides is 1. The van der Waals surface area contributed by atoms with Crippen LogP contribution in [0.2, 0.25) is 0 Å². The zero-order valence-electron chi connectivity index (χ0n) is 21.8. The molecule has 2 N–H and O–H groups in total. The van der Waals surface area contributed by atoms with Crippen LogP contribution in [0, 0.1) is 6.92 Å². The molecule has 0 bridgehead atoms. The Bertz CT molecular complexity index is 1050. The fourth-order valence-corrected chi connectivity index (χ4v) is 4.32. The number of nitrogens with zero attached hydrogens (tertiary/aromatic N) is 5. The van der Waals surface area contributed by atoms with E-state index in [2.05, 4.69) is 20.5 Å². The predicted octanol–water partition coefficient (Wildman–Crippen LogP) is 3.58. The molecule has 0 spiro atoms. The Hall–Kier alpha value is -3.34. The monoisotopic (exact) mass is 499 g/mol. The number of ether oxygens (including phenoxy) is 3. The molecule has 0 aliphatic carbocycles. The number of rotatable bonds is 6. The van der Waals surface area contributed by atoms with Crippen molar-refractivity contribution in [1.82, 2.24) is 19.9 Å². The molecule has 36 heavy (non-hydrogen) atoms. The molecule has 0 saturated carbocycles. The third-order valence-corrected chi connectivity index (χ3v) is 6.05. The number of hydrogen-bond acceptors (Lipinski definition) is 10. The van der Waals surface area contributed by atoms with Crippen LogP contribution < -0.4 is 20.3 Å². The maximum absolute atomic E-state index is 12.6. The summed E-state index contributed by atoms with van der Waals surface area (Å²) in [5, 5.41) is 6.85. The van der Waals surface area contributed by atoms with Gasteiger partial charge in [-0.2, -0.15) is 9.97 Å². The standard InChI is InChI=1S/C25H37N7O4/c1-17-20(28-19-9-6-10-26-22(19)34-5)29-23(30-21(17)31-12-14-35-15-13-31)27-18-8-7-11-32(16-18)24(33)36-25(2,3)4/h6,9-10,18H,7-8,11-16H2,1-5H3,(H2,27,28,29,30)/t18-/m1/s1. The van der Waals surface area contributed by atoms with Crippen LogP contribution in [0.1, 0.15) is 39.2 Å². The van der Waals surface area contributed by atoms with Crippen molar-refractivity contribution in [3.63, 3.8) is 0 Å². The predicted molar refractivity (Wildman–Crippen MR) is 138 cm³/mol. The van der Waals surface area contributed by atoms with Crippen LogP contribution in [0.5, 0.6) is 5.88 Å². The van der Waals surface area contributed by atoms with Crippen molar-refractivity contribution >= 4 is 29.4 Å². The molecule has 0 radical (unpaired) electrons. The second-order valence-corrected chi connectivity index (χ2v) is 10.0. The lowest BCUT2D eigenvalue weighted by molar-refractivity contribution is 0.0206. The molecular formula is C25H37N7O4. The largest absolute Gasteiger partial charge is 0.480 e. The third kappa shape index (κ3) is 6.45. The summed E-state index contributed by atoms with van der Waals surface area (Å²) >= 11 is 0. The van der Waals surface area contributed by atoms with Gasteiger partial charge >= 0.3 is 6.09 Å². The molecular weight excluding hydrogens is 462 g/mol. The molecule has 1 amide bonds. The number of pyridine rings is 1. The normalized spacial score (nSPS) is 18.5. The molecule has 11 nitrogen and oxygen atoms in total. The first-order chi connectivity index (χ1) is 17.2. The number of likely N-dealkylation sites (tertiary alicyclic amines) is 1. The lowest BCUT2D eigenvalue weighted by atomic mass is 10.1. The summed E-state index contributed by atoms with van der Waals surface area (Å²) in [7, 11) is 1.59. The Kier molecular flexibility index (Phi) is 7.97. The molecule has 1 atom stereocenters. The van der Waals surface area contributed by atoms with Crippen molar-refractivity contribution in [1.29, 1.82) is 0 Å². The van der Waals surface area contributed by atoms with Gasteiger partial charge in [0, 0.05) is 44.0 Å². The van der Waals surface area contributed by atoms with Gasteiger partial charge in [0.1, 0.15) is 22.9 Å². The first-order valence-electron chi connectivity index (χ1n) is 12.5. The van der Waals surface area contributed by atoms with Gasteiger partial charge in [-0.15, -0.1) is 0 Å². The van der Waals surface area contributed by atoms with Gasteiger partial charge in [0.25, 0.3) is 0 Å². The second kappa shape index (κ2) is 11.2. The molecule has 0 unspecified atom stereocenters. The van der Waals surface area contributed by atoms with Crippen molar-refractivity contribution in [3.8, 4) is 5.88 Å². The van der Waals surface area contributed by atoms with E-state index in [4.69, 9.17) is 24.2 Å². The Morgan fingerprint density at radius 2 is 1.97 bits per heavy atom. The minimum Gasteiger partial charge on any atom is -0.480 e. The van der Waals surface area contributed by atoms with E-state index in [1.165, 1.54) is 0 Å². The summed E-state index contributed by atoms with van der Waals surface area (Å²) in [6.45, 7) is 11.7. The van der Waals surface area contributed by atoms with E-state index in [0.717, 1.165) is 43.0 Å². The molecule has 2 aliphatic heterocycles. The molecule has 4 heterocycles. The summed E-state index contributed by atoms with van der Waals surface area (Å²) in [5.74, 6) is 2.50. The number of anilines is 4. The van der Waals surface area contributed by atoms with Gasteiger partial charge in [-0.05, 0) is 52.7 Å². The average molecular weight is 500 g/mol. The number of carbonyl (C=O) groups is 1. The summed E-state index contributed by atoms with van der Waals surface area (Å²) < 4.78 is 16.5. The molecule has 2 aromatic rings. The van der Waals surface area contributed by atoms with E-state index < -0.39 is 5.60 Å². The highest BCUT2D eigenvalue weighted by atomic mass is 16.6. The Morgan fingerprint density at radius 1 is 1.19 bits per heavy atom. The topological polar surface area (TPSA) is 114 Å². The highest BCUT2D eigenvalue weighted by Gasteiger charge is 2.29. The van der Waals surface area contributed by atoms with Gasteiger partial charge in [-0.1, -0.05) is 0 Å². The van der Waals surface area contributed by atoms with E-state index in [0.29, 0.717) is 43.9 Å². The number of aromatic nitrogens is 3. The van der Waals surface area contributed by atoms with E-state index in [1.807, 2.05) is 39.8 Å². The minimum absolute atomic E-state index is 0.00675. The summed E-state index contributed by atoms with van der Waals surface area (Å²) in [4.78, 5) is 30.6. The summed E-state index contributed by atoms with van der Waals surface area (Å²) in [6, 6.07) is 3.75. The van der Waals surface area contributed by atoms with Crippen LogP contribution in [-0.2, 0) is 9.47 Å². The molecule has 11 heteroatoms. The molecule has 4 rings (SSSR count). The smallest absolute Gasteiger partial charge is 0.410 e. The molecule has 196 valence electrons. The van der Waals surface area contributed by atoms with Crippen molar-refractivity contribution in [2.75, 3.05) is 62.0 Å². The summed E-state index contributed by atoms with van der Waals surface area (Å²) in [6.07, 6.45) is 3.17. The average Bonchev–Trinajstić information content (AvgIpc) is 2.86. The van der Waals surface area contributed by atoms with E-state index in [-0.39, 0.29) is 12.1 Å². The van der Waals surface area contributed by atoms with Crippen LogP contribution in [0.15, 0.2) is 18.3 Å². The van der Waals surface area contributed by atoms with Crippen molar-refractivity contribution < 1.29 is 19.0 Å². The highest BCUT2D eigenvalue weighted by molar-refractivity contribution is 5.70. The summed E-state index contributed by atoms with van der Waals surface area (Å²) in [5.41, 5.74) is 1.11. The minimum atomic E-state index is -0.529. The highest BCUT2D eigenvalue weighted by Crippen LogP contribution is 2.31. The zero-order chi connectivity index (χ0) is 25.7. The number of methoxy groups -OCH3 is 1. The van der Waals surface area contributed by atoms with Gasteiger partial charge < -0.3 is 34.6 Å². The number of carbonyl (C=O) groups excluding carboxylic acids is 1. The Labute approximate surface area is 212 Å². The third-order valence-electron chi connectivity index (χ3n) is 6.05. The number of morpholine rings is 1. The van der Waals surface area contributed by atoms with Crippen LogP contribution in [0.25, 0.3) is 0 Å². The molecule has 2 saturated heterocycles. The van der Waals surface area contributed by atoms with Crippen molar-refractivity contribution in [3.05, 3.63) is 23.9 Å². The van der Waals surface area contributed by atoms with Crippen LogP contribution >= 0.6 is 0 Å². The van der Waals surface area contributed by atoms with Crippen LogP contribution in [0.3, 0.4) is 0 Å². The molecule has 2 aromatic heterocycles. The fourth-order valence-electron chi connectivity index (χ4n) is 4.32. The van der Waals surface area contributed by atoms with Gasteiger partial charge in [0.15, 0.2) is 0 Å². The van der Waals surface area contributed by atoms with E-state index >= 15 is 0 Å². The van der Waals surface area contributed by atoms with Crippen molar-refractivity contribution in [2.24, 2.45) is 0 Å². The van der Waals surface area contributed by atoms with Crippen molar-refractivity contribution in [2.45, 2.75) is 52.2 Å². The number of hydrogen-bond donors (Lipinski definition) is 2. The SMILES string of the molecule is COc1ncccc1Nc1nc(N[C@@H]2CCCN(C(=O)OC(C)(C)C)C2)nc(N2CCOCC2)c1C. The lowest BCUT2D eigenvalue weighted by Crippen LogP contribution is -2.47. The first kappa shape index (κ1) is 25.7. The zero-order valence-corrected chi connectivity index (χ0v) is 21.8. The van der Waals surface area contributed by atoms with Gasteiger partial charge in [0.2, 0.25) is 11.8 Å². The van der Waals surface area contributed by atoms with E-state index in [1.54, 1.807) is 18.2 Å². The Balaban J connectivity index is 1.58. The number of piperidine rings is 1. The molecule has 2 fully saturated rings.